The lowest BCUT2D eigenvalue weighted by Gasteiger charge is -2.13. The lowest BCUT2D eigenvalue weighted by atomic mass is 9.99. The maximum Gasteiger partial charge on any atom is 0.127 e. The van der Waals surface area contributed by atoms with Crippen LogP contribution < -0.4 is 4.74 Å². The molecule has 1 unspecified atom stereocenters. The fraction of sp³-hybridized carbons (Fsp3) is 0.143. The van der Waals surface area contributed by atoms with Crippen molar-refractivity contribution in [1.29, 1.82) is 0 Å². The van der Waals surface area contributed by atoms with Gasteiger partial charge in [0.05, 0.1) is 6.61 Å². The molecule has 1 heterocycles. The molecule has 3 aromatic rings. The van der Waals surface area contributed by atoms with Gasteiger partial charge in [0, 0.05) is 5.56 Å². The van der Waals surface area contributed by atoms with Crippen molar-refractivity contribution in [2.75, 3.05) is 13.2 Å². The van der Waals surface area contributed by atoms with Gasteiger partial charge in [-0.25, -0.2) is 0 Å². The first kappa shape index (κ1) is 14.0. The van der Waals surface area contributed by atoms with Crippen LogP contribution in [0.4, 0.5) is 0 Å². The Kier molecular flexibility index (Phi) is 3.83. The summed E-state index contributed by atoms with van der Waals surface area (Å²) in [6.07, 6.45) is 0.249. The van der Waals surface area contributed by atoms with E-state index >= 15 is 0 Å². The topological polar surface area (TPSA) is 21.8 Å². The fourth-order valence-electron chi connectivity index (χ4n) is 2.66. The highest BCUT2D eigenvalue weighted by atomic mass is 16.6. The summed E-state index contributed by atoms with van der Waals surface area (Å²) < 4.78 is 11.3. The summed E-state index contributed by atoms with van der Waals surface area (Å²) in [6, 6.07) is 27.1. The van der Waals surface area contributed by atoms with Crippen molar-refractivity contribution >= 4 is 0 Å². The Hall–Kier alpha value is -2.58. The highest BCUT2D eigenvalue weighted by Gasteiger charge is 2.23. The molecule has 1 aliphatic heterocycles. The van der Waals surface area contributed by atoms with Gasteiger partial charge in [0.1, 0.15) is 18.5 Å². The molecule has 1 aliphatic rings. The summed E-state index contributed by atoms with van der Waals surface area (Å²) >= 11 is 0. The van der Waals surface area contributed by atoms with Crippen LogP contribution in [0.2, 0.25) is 0 Å². The van der Waals surface area contributed by atoms with Gasteiger partial charge >= 0.3 is 0 Å². The molecule has 1 atom stereocenters. The number of epoxide rings is 1. The lowest BCUT2D eigenvalue weighted by Crippen LogP contribution is -2.05. The van der Waals surface area contributed by atoms with E-state index in [2.05, 4.69) is 54.6 Å². The van der Waals surface area contributed by atoms with Gasteiger partial charge in [-0.1, -0.05) is 72.8 Å². The molecule has 0 bridgehead atoms. The van der Waals surface area contributed by atoms with Crippen molar-refractivity contribution in [2.45, 2.75) is 6.10 Å². The third kappa shape index (κ3) is 3.27. The van der Waals surface area contributed by atoms with Crippen LogP contribution >= 0.6 is 0 Å². The number of rotatable bonds is 5. The zero-order valence-electron chi connectivity index (χ0n) is 12.8. The van der Waals surface area contributed by atoms with Gasteiger partial charge in [-0.15, -0.1) is 0 Å². The minimum absolute atomic E-state index is 0.249. The van der Waals surface area contributed by atoms with E-state index in [0.29, 0.717) is 6.61 Å². The molecular weight excluding hydrogens is 284 g/mol. The zero-order chi connectivity index (χ0) is 15.5. The van der Waals surface area contributed by atoms with Crippen LogP contribution in [0, 0.1) is 0 Å². The maximum absolute atomic E-state index is 6.05. The van der Waals surface area contributed by atoms with E-state index in [1.54, 1.807) is 0 Å². The standard InChI is InChI=1S/C21H18O2/c1-3-7-16(8-4-1)18-11-12-20(17-9-5-2-6-10-17)21(13-18)23-15-19-14-22-19/h1-13,19H,14-15H2. The van der Waals surface area contributed by atoms with E-state index in [-0.39, 0.29) is 6.10 Å². The Morgan fingerprint density at radius 3 is 2.09 bits per heavy atom. The van der Waals surface area contributed by atoms with Gasteiger partial charge in [-0.2, -0.15) is 0 Å². The Labute approximate surface area is 136 Å². The van der Waals surface area contributed by atoms with Crippen molar-refractivity contribution in [3.05, 3.63) is 78.9 Å². The summed E-state index contributed by atoms with van der Waals surface area (Å²) in [5.41, 5.74) is 4.64. The Bertz CT molecular complexity index is 777. The zero-order valence-corrected chi connectivity index (χ0v) is 12.8. The lowest BCUT2D eigenvalue weighted by molar-refractivity contribution is 0.264. The minimum atomic E-state index is 0.249. The molecule has 3 aromatic carbocycles. The minimum Gasteiger partial charge on any atom is -0.490 e. The third-order valence-electron chi connectivity index (χ3n) is 4.00. The first-order valence-electron chi connectivity index (χ1n) is 7.89. The SMILES string of the molecule is c1ccc(-c2ccc(-c3ccccc3)c(OCC3CO3)c2)cc1. The first-order valence-corrected chi connectivity index (χ1v) is 7.89. The van der Waals surface area contributed by atoms with Crippen LogP contribution in [0.15, 0.2) is 78.9 Å². The largest absolute Gasteiger partial charge is 0.490 e. The molecule has 0 saturated carbocycles. The van der Waals surface area contributed by atoms with Crippen LogP contribution in [-0.4, -0.2) is 19.3 Å². The van der Waals surface area contributed by atoms with Gasteiger partial charge in [0.2, 0.25) is 0 Å². The Morgan fingerprint density at radius 2 is 1.43 bits per heavy atom. The molecule has 0 radical (unpaired) electrons. The molecular formula is C21H18O2. The van der Waals surface area contributed by atoms with Crippen LogP contribution in [0.3, 0.4) is 0 Å². The molecule has 4 rings (SSSR count). The summed E-state index contributed by atoms with van der Waals surface area (Å²) in [5, 5.41) is 0. The third-order valence-corrected chi connectivity index (χ3v) is 4.00. The van der Waals surface area contributed by atoms with Gasteiger partial charge < -0.3 is 9.47 Å². The number of benzene rings is 3. The second-order valence-electron chi connectivity index (χ2n) is 5.71. The van der Waals surface area contributed by atoms with Crippen molar-refractivity contribution in [3.8, 4) is 28.0 Å². The Morgan fingerprint density at radius 1 is 0.783 bits per heavy atom. The maximum atomic E-state index is 6.05. The van der Waals surface area contributed by atoms with Crippen molar-refractivity contribution < 1.29 is 9.47 Å². The molecule has 114 valence electrons. The molecule has 2 nitrogen and oxygen atoms in total. The van der Waals surface area contributed by atoms with Crippen LogP contribution in [0.25, 0.3) is 22.3 Å². The molecule has 23 heavy (non-hydrogen) atoms. The molecule has 0 spiro atoms. The number of hydrogen-bond acceptors (Lipinski definition) is 2. The number of hydrogen-bond donors (Lipinski definition) is 0. The van der Waals surface area contributed by atoms with Crippen molar-refractivity contribution in [1.82, 2.24) is 0 Å². The summed E-state index contributed by atoms with van der Waals surface area (Å²) in [4.78, 5) is 0. The normalized spacial score (nSPS) is 16.1. The average molecular weight is 302 g/mol. The van der Waals surface area contributed by atoms with Crippen molar-refractivity contribution in [2.24, 2.45) is 0 Å². The van der Waals surface area contributed by atoms with E-state index in [9.17, 15) is 0 Å². The van der Waals surface area contributed by atoms with Crippen LogP contribution in [-0.2, 0) is 4.74 Å². The van der Waals surface area contributed by atoms with E-state index in [1.165, 1.54) is 11.1 Å². The van der Waals surface area contributed by atoms with Crippen molar-refractivity contribution in [3.63, 3.8) is 0 Å². The second kappa shape index (κ2) is 6.27. The highest BCUT2D eigenvalue weighted by molar-refractivity contribution is 5.76. The van der Waals surface area contributed by atoms with E-state index in [0.717, 1.165) is 23.5 Å². The average Bonchev–Trinajstić information content (AvgIpc) is 3.46. The fourth-order valence-corrected chi connectivity index (χ4v) is 2.66. The molecule has 0 aromatic heterocycles. The predicted octanol–water partition coefficient (Wildman–Crippen LogP) is 4.80. The van der Waals surface area contributed by atoms with E-state index < -0.39 is 0 Å². The summed E-state index contributed by atoms with van der Waals surface area (Å²) in [6.45, 7) is 1.41. The molecule has 1 saturated heterocycles. The molecule has 0 amide bonds. The summed E-state index contributed by atoms with van der Waals surface area (Å²) in [7, 11) is 0. The van der Waals surface area contributed by atoms with E-state index in [4.69, 9.17) is 9.47 Å². The molecule has 2 heteroatoms. The molecule has 0 N–H and O–H groups in total. The van der Waals surface area contributed by atoms with Gasteiger partial charge in [-0.05, 0) is 22.8 Å². The monoisotopic (exact) mass is 302 g/mol. The van der Waals surface area contributed by atoms with E-state index in [1.807, 2.05) is 24.3 Å². The van der Waals surface area contributed by atoms with Crippen LogP contribution in [0.1, 0.15) is 0 Å². The highest BCUT2D eigenvalue weighted by Crippen LogP contribution is 2.34. The first-order chi connectivity index (χ1) is 11.4. The molecule has 0 aliphatic carbocycles. The van der Waals surface area contributed by atoms with Crippen LogP contribution in [0.5, 0.6) is 5.75 Å². The second-order valence-corrected chi connectivity index (χ2v) is 5.71. The number of ether oxygens (including phenoxy) is 2. The Balaban J connectivity index is 1.73. The smallest absolute Gasteiger partial charge is 0.127 e. The quantitative estimate of drug-likeness (QED) is 0.632. The van der Waals surface area contributed by atoms with Gasteiger partial charge in [0.15, 0.2) is 0 Å². The molecule has 1 fully saturated rings. The van der Waals surface area contributed by atoms with Gasteiger partial charge in [-0.3, -0.25) is 0 Å². The summed E-state index contributed by atoms with van der Waals surface area (Å²) in [5.74, 6) is 0.910. The van der Waals surface area contributed by atoms with Gasteiger partial charge in [0.25, 0.3) is 0 Å². The predicted molar refractivity (Wildman–Crippen MR) is 92.5 cm³/mol.